The van der Waals surface area contributed by atoms with E-state index >= 15 is 0 Å². The third-order valence-electron chi connectivity index (χ3n) is 3.94. The van der Waals surface area contributed by atoms with E-state index in [-0.39, 0.29) is 24.3 Å². The number of hydrogen-bond acceptors (Lipinski definition) is 4. The Bertz CT molecular complexity index is 521. The number of aryl methyl sites for hydroxylation is 1. The van der Waals surface area contributed by atoms with Crippen molar-refractivity contribution in [1.82, 2.24) is 20.0 Å². The molecule has 2 saturated heterocycles. The first-order chi connectivity index (χ1) is 9.65. The molecule has 0 saturated carbocycles. The summed E-state index contributed by atoms with van der Waals surface area (Å²) in [7, 11) is 1.82. The summed E-state index contributed by atoms with van der Waals surface area (Å²) >= 11 is 0. The number of nitrogens with zero attached hydrogens (tertiary/aromatic N) is 4. The summed E-state index contributed by atoms with van der Waals surface area (Å²) in [4.78, 5) is 27.9. The van der Waals surface area contributed by atoms with E-state index in [9.17, 15) is 9.59 Å². The summed E-state index contributed by atoms with van der Waals surface area (Å²) in [6, 6.07) is 0. The summed E-state index contributed by atoms with van der Waals surface area (Å²) < 4.78 is 1.67. The predicted molar refractivity (Wildman–Crippen MR) is 73.1 cm³/mol. The topological polar surface area (TPSA) is 70.5 Å². The molecule has 2 amide bonds. The third kappa shape index (κ3) is 2.40. The molecular formula is C13H19N5O2. The van der Waals surface area contributed by atoms with Crippen LogP contribution in [-0.4, -0.2) is 59.2 Å². The number of nitrogens with one attached hydrogen (secondary N) is 1. The van der Waals surface area contributed by atoms with Crippen LogP contribution in [0.2, 0.25) is 0 Å². The lowest BCUT2D eigenvalue weighted by molar-refractivity contribution is -0.139. The van der Waals surface area contributed by atoms with Crippen LogP contribution in [0.25, 0.3) is 0 Å². The lowest BCUT2D eigenvalue weighted by Gasteiger charge is -2.34. The Balaban J connectivity index is 1.64. The van der Waals surface area contributed by atoms with Crippen LogP contribution in [0.5, 0.6) is 0 Å². The van der Waals surface area contributed by atoms with Gasteiger partial charge in [-0.15, -0.1) is 0 Å². The zero-order valence-electron chi connectivity index (χ0n) is 11.6. The van der Waals surface area contributed by atoms with Gasteiger partial charge < -0.3 is 15.1 Å². The second-order valence-electron chi connectivity index (χ2n) is 5.37. The van der Waals surface area contributed by atoms with Crippen LogP contribution in [0.3, 0.4) is 0 Å². The van der Waals surface area contributed by atoms with E-state index in [1.807, 2.05) is 13.2 Å². The van der Waals surface area contributed by atoms with Gasteiger partial charge in [-0.1, -0.05) is 0 Å². The van der Waals surface area contributed by atoms with Crippen LogP contribution in [0.15, 0.2) is 12.4 Å². The standard InChI is InChI=1S/C13H19N5O2/c1-16-8-11(7-15-16)18-5-4-17(9-12(18)19)13(20)10-2-3-14-6-10/h7-8,10,14H,2-6,9H2,1H3. The number of piperazine rings is 1. The Hall–Kier alpha value is -1.89. The second kappa shape index (κ2) is 5.24. The first-order valence-electron chi connectivity index (χ1n) is 6.93. The molecule has 0 spiro atoms. The van der Waals surface area contributed by atoms with Crippen molar-refractivity contribution in [2.45, 2.75) is 6.42 Å². The molecule has 20 heavy (non-hydrogen) atoms. The lowest BCUT2D eigenvalue weighted by atomic mass is 10.1. The molecule has 3 heterocycles. The van der Waals surface area contributed by atoms with Crippen molar-refractivity contribution in [3.63, 3.8) is 0 Å². The molecule has 1 aromatic heterocycles. The van der Waals surface area contributed by atoms with Gasteiger partial charge in [-0.3, -0.25) is 14.3 Å². The fourth-order valence-electron chi connectivity index (χ4n) is 2.81. The van der Waals surface area contributed by atoms with Gasteiger partial charge in [0.1, 0.15) is 6.54 Å². The van der Waals surface area contributed by atoms with Gasteiger partial charge in [0.15, 0.2) is 0 Å². The Labute approximate surface area is 117 Å². The van der Waals surface area contributed by atoms with Crippen molar-refractivity contribution in [2.24, 2.45) is 13.0 Å². The van der Waals surface area contributed by atoms with Crippen molar-refractivity contribution in [3.05, 3.63) is 12.4 Å². The monoisotopic (exact) mass is 277 g/mol. The first kappa shape index (κ1) is 13.1. The second-order valence-corrected chi connectivity index (χ2v) is 5.37. The Morgan fingerprint density at radius 2 is 2.30 bits per heavy atom. The minimum Gasteiger partial charge on any atom is -0.331 e. The van der Waals surface area contributed by atoms with Gasteiger partial charge in [0, 0.05) is 32.9 Å². The summed E-state index contributed by atoms with van der Waals surface area (Å²) in [6.45, 7) is 2.92. The number of carbonyl (C=O) groups excluding carboxylic acids is 2. The summed E-state index contributed by atoms with van der Waals surface area (Å²) in [5.74, 6) is 0.102. The lowest BCUT2D eigenvalue weighted by Crippen LogP contribution is -2.53. The highest BCUT2D eigenvalue weighted by molar-refractivity contribution is 5.98. The van der Waals surface area contributed by atoms with Crippen molar-refractivity contribution >= 4 is 17.5 Å². The molecule has 0 aromatic carbocycles. The van der Waals surface area contributed by atoms with E-state index in [0.29, 0.717) is 13.1 Å². The van der Waals surface area contributed by atoms with E-state index in [2.05, 4.69) is 10.4 Å². The van der Waals surface area contributed by atoms with E-state index in [4.69, 9.17) is 0 Å². The maximum absolute atomic E-state index is 12.3. The number of aromatic nitrogens is 2. The van der Waals surface area contributed by atoms with Gasteiger partial charge in [0.05, 0.1) is 17.8 Å². The number of carbonyl (C=O) groups is 2. The molecule has 3 rings (SSSR count). The van der Waals surface area contributed by atoms with Crippen LogP contribution in [0.4, 0.5) is 5.69 Å². The fraction of sp³-hybridized carbons (Fsp3) is 0.615. The van der Waals surface area contributed by atoms with E-state index in [0.717, 1.165) is 25.2 Å². The van der Waals surface area contributed by atoms with Crippen LogP contribution < -0.4 is 10.2 Å². The fourth-order valence-corrected chi connectivity index (χ4v) is 2.81. The van der Waals surface area contributed by atoms with Gasteiger partial charge in [-0.2, -0.15) is 5.10 Å². The number of hydrogen-bond donors (Lipinski definition) is 1. The van der Waals surface area contributed by atoms with Gasteiger partial charge >= 0.3 is 0 Å². The van der Waals surface area contributed by atoms with Crippen molar-refractivity contribution in [3.8, 4) is 0 Å². The molecule has 7 heteroatoms. The predicted octanol–water partition coefficient (Wildman–Crippen LogP) is -0.795. The first-order valence-corrected chi connectivity index (χ1v) is 6.93. The maximum Gasteiger partial charge on any atom is 0.246 e. The Morgan fingerprint density at radius 3 is 2.90 bits per heavy atom. The van der Waals surface area contributed by atoms with Crippen molar-refractivity contribution in [1.29, 1.82) is 0 Å². The van der Waals surface area contributed by atoms with E-state index in [1.54, 1.807) is 20.7 Å². The SMILES string of the molecule is Cn1cc(N2CCN(C(=O)C3CCNC3)CC2=O)cn1. The average molecular weight is 277 g/mol. The summed E-state index contributed by atoms with van der Waals surface area (Å²) in [5, 5.41) is 7.26. The zero-order valence-corrected chi connectivity index (χ0v) is 11.6. The minimum absolute atomic E-state index is 0.0349. The Kier molecular flexibility index (Phi) is 3.43. The highest BCUT2D eigenvalue weighted by Crippen LogP contribution is 2.18. The molecule has 0 bridgehead atoms. The highest BCUT2D eigenvalue weighted by atomic mass is 16.2. The van der Waals surface area contributed by atoms with Gasteiger partial charge in [0.2, 0.25) is 11.8 Å². The van der Waals surface area contributed by atoms with Crippen LogP contribution >= 0.6 is 0 Å². The summed E-state index contributed by atoms with van der Waals surface area (Å²) in [5.41, 5.74) is 0.798. The number of rotatable bonds is 2. The largest absolute Gasteiger partial charge is 0.331 e. The van der Waals surface area contributed by atoms with Gasteiger partial charge in [-0.25, -0.2) is 0 Å². The molecule has 2 aliphatic heterocycles. The van der Waals surface area contributed by atoms with Crippen LogP contribution in [0, 0.1) is 5.92 Å². The molecule has 1 unspecified atom stereocenters. The van der Waals surface area contributed by atoms with Crippen LogP contribution in [0.1, 0.15) is 6.42 Å². The molecule has 0 aliphatic carbocycles. The van der Waals surface area contributed by atoms with Gasteiger partial charge in [-0.05, 0) is 13.0 Å². The molecule has 108 valence electrons. The molecule has 1 atom stereocenters. The normalized spacial score (nSPS) is 23.4. The third-order valence-corrected chi connectivity index (χ3v) is 3.94. The molecule has 2 aliphatic rings. The van der Waals surface area contributed by atoms with Crippen molar-refractivity contribution < 1.29 is 9.59 Å². The molecule has 0 radical (unpaired) electrons. The van der Waals surface area contributed by atoms with Crippen molar-refractivity contribution in [2.75, 3.05) is 37.6 Å². The molecule has 7 nitrogen and oxygen atoms in total. The quantitative estimate of drug-likeness (QED) is 0.769. The smallest absolute Gasteiger partial charge is 0.246 e. The van der Waals surface area contributed by atoms with Crippen LogP contribution in [-0.2, 0) is 16.6 Å². The number of amides is 2. The molecular weight excluding hydrogens is 258 g/mol. The number of anilines is 1. The Morgan fingerprint density at radius 1 is 1.45 bits per heavy atom. The van der Waals surface area contributed by atoms with E-state index < -0.39 is 0 Å². The zero-order chi connectivity index (χ0) is 14.1. The highest BCUT2D eigenvalue weighted by Gasteiger charge is 2.33. The summed E-state index contributed by atoms with van der Waals surface area (Å²) in [6.07, 6.45) is 4.36. The molecule has 1 N–H and O–H groups in total. The molecule has 2 fully saturated rings. The van der Waals surface area contributed by atoms with Gasteiger partial charge in [0.25, 0.3) is 0 Å². The minimum atomic E-state index is -0.0384. The molecule has 1 aromatic rings. The van der Waals surface area contributed by atoms with E-state index in [1.165, 1.54) is 0 Å². The maximum atomic E-state index is 12.3. The average Bonchev–Trinajstić information content (AvgIpc) is 3.09.